The van der Waals surface area contributed by atoms with Crippen LogP contribution in [0.4, 0.5) is 28.4 Å². The van der Waals surface area contributed by atoms with E-state index in [9.17, 15) is 37.5 Å². The molecule has 2 aromatic heterocycles. The number of anilines is 1. The molecule has 0 bridgehead atoms. The summed E-state index contributed by atoms with van der Waals surface area (Å²) in [5.74, 6) is -0.0274. The molecule has 5 aromatic rings. The zero-order valence-corrected chi connectivity index (χ0v) is 36.8. The predicted molar refractivity (Wildman–Crippen MR) is 234 cm³/mol. The van der Waals surface area contributed by atoms with E-state index in [1.54, 1.807) is 35.8 Å². The van der Waals surface area contributed by atoms with Crippen LogP contribution >= 0.6 is 0 Å². The fraction of sp³-hybridized carbons (Fsp3) is 0.478. The summed E-state index contributed by atoms with van der Waals surface area (Å²) in [6.45, 7) is 8.31. The van der Waals surface area contributed by atoms with Gasteiger partial charge in [-0.05, 0) is 110 Å². The summed E-state index contributed by atoms with van der Waals surface area (Å²) in [6.07, 6.45) is -2.51. The van der Waals surface area contributed by atoms with Gasteiger partial charge < -0.3 is 49.9 Å². The number of amides is 4. The number of hydrogen-bond acceptors (Lipinski definition) is 9. The number of methoxy groups -OCH3 is 1. The van der Waals surface area contributed by atoms with Crippen LogP contribution in [-0.2, 0) is 14.3 Å². The summed E-state index contributed by atoms with van der Waals surface area (Å²) in [4.78, 5) is 73.6. The van der Waals surface area contributed by atoms with Gasteiger partial charge in [-0.15, -0.1) is 13.2 Å². The zero-order chi connectivity index (χ0) is 46.3. The van der Waals surface area contributed by atoms with Crippen LogP contribution in [0.15, 0.2) is 60.7 Å². The molecule has 5 heterocycles. The number of rotatable bonds is 12. The number of halogens is 3. The number of benzene rings is 3. The van der Waals surface area contributed by atoms with Crippen molar-refractivity contribution in [3.63, 3.8) is 0 Å². The SMILES string of the molecule is COC(=O)N[C@H](C(=O)N1CCC[C@H]1c1nc2ccc(C3CC[C@H](c4ccc5nc([C@@H]6CCCN6C(=O)[C@@H](NC(=O)O)C(C)C)[nH]c5c4)N3c3ccc(OC(F)(F)F)cc3)cc2[nH]1)C(C)C. The Labute approximate surface area is 373 Å². The third-order valence-electron chi connectivity index (χ3n) is 12.9. The Morgan fingerprint density at radius 3 is 1.62 bits per heavy atom. The van der Waals surface area contributed by atoms with Gasteiger partial charge in [-0.1, -0.05) is 39.8 Å². The highest BCUT2D eigenvalue weighted by molar-refractivity contribution is 5.87. The van der Waals surface area contributed by atoms with E-state index in [1.165, 1.54) is 19.2 Å². The molecule has 65 heavy (non-hydrogen) atoms. The van der Waals surface area contributed by atoms with Crippen molar-refractivity contribution in [1.82, 2.24) is 40.4 Å². The Balaban J connectivity index is 1.09. The van der Waals surface area contributed by atoms with Gasteiger partial charge in [0.05, 0.1) is 53.3 Å². The van der Waals surface area contributed by atoms with Crippen molar-refractivity contribution >= 4 is 51.8 Å². The van der Waals surface area contributed by atoms with E-state index < -0.39 is 30.6 Å². The second-order valence-electron chi connectivity index (χ2n) is 17.8. The molecule has 0 aliphatic carbocycles. The third kappa shape index (κ3) is 9.36. The molecule has 3 aromatic carbocycles. The molecule has 5 N–H and O–H groups in total. The van der Waals surface area contributed by atoms with Crippen molar-refractivity contribution in [3.05, 3.63) is 83.4 Å². The normalized spacial score (nSPS) is 21.1. The van der Waals surface area contributed by atoms with Gasteiger partial charge in [0.25, 0.3) is 0 Å². The molecule has 8 rings (SSSR count). The van der Waals surface area contributed by atoms with E-state index in [-0.39, 0.29) is 53.6 Å². The first-order valence-electron chi connectivity index (χ1n) is 22.1. The van der Waals surface area contributed by atoms with Crippen molar-refractivity contribution in [1.29, 1.82) is 0 Å². The van der Waals surface area contributed by atoms with Gasteiger partial charge in [0, 0.05) is 18.8 Å². The number of ether oxygens (including phenoxy) is 2. The van der Waals surface area contributed by atoms with Crippen LogP contribution in [0.5, 0.6) is 5.75 Å². The van der Waals surface area contributed by atoms with Crippen molar-refractivity contribution in [2.45, 2.75) is 109 Å². The van der Waals surface area contributed by atoms with Crippen LogP contribution in [0, 0.1) is 11.8 Å². The first-order valence-corrected chi connectivity index (χ1v) is 22.1. The number of likely N-dealkylation sites (tertiary alicyclic amines) is 2. The lowest BCUT2D eigenvalue weighted by Gasteiger charge is -2.33. The molecular formula is C46H54F3N9O7. The summed E-state index contributed by atoms with van der Waals surface area (Å²) >= 11 is 0. The van der Waals surface area contributed by atoms with Crippen LogP contribution in [0.25, 0.3) is 22.1 Å². The van der Waals surface area contributed by atoms with Crippen molar-refractivity contribution in [2.75, 3.05) is 25.1 Å². The maximum atomic E-state index is 13.8. The van der Waals surface area contributed by atoms with E-state index in [2.05, 4.69) is 30.2 Å². The summed E-state index contributed by atoms with van der Waals surface area (Å²) < 4.78 is 48.6. The van der Waals surface area contributed by atoms with E-state index in [0.717, 1.165) is 35.0 Å². The lowest BCUT2D eigenvalue weighted by Crippen LogP contribution is -2.51. The molecule has 16 nitrogen and oxygen atoms in total. The van der Waals surface area contributed by atoms with Crippen LogP contribution in [0.3, 0.4) is 0 Å². The minimum absolute atomic E-state index is 0.180. The molecule has 19 heteroatoms. The Morgan fingerprint density at radius 2 is 1.18 bits per heavy atom. The molecule has 0 saturated carbocycles. The minimum atomic E-state index is -4.84. The highest BCUT2D eigenvalue weighted by Crippen LogP contribution is 2.48. The number of nitrogens with one attached hydrogen (secondary N) is 4. The standard InChI is InChI=1S/C46H54F3N9O7/c1-24(2)38(54-44(61)62)42(59)56-20-6-8-36(56)40-50-30-16-10-26(22-32(30)52-40)34-18-19-35(58(34)28-12-14-29(15-13-28)65-46(47,48)49)27-11-17-31-33(23-27)53-41(51-31)37-9-7-21-57(37)43(60)39(25(3)4)55-45(63)64-5/h10-17,22-25,34-39,54H,6-9,18-21H2,1-5H3,(H,50,52)(H,51,53)(H,55,63)(H,61,62)/t34-,35?,36+,37+,38+,39+/m1/s1. The Bertz CT molecular complexity index is 2560. The summed E-state index contributed by atoms with van der Waals surface area (Å²) in [5.41, 5.74) is 5.54. The number of carboxylic acid groups (broad SMARTS) is 1. The number of carbonyl (C=O) groups is 4. The third-order valence-corrected chi connectivity index (χ3v) is 12.9. The Hall–Kier alpha value is -6.53. The maximum Gasteiger partial charge on any atom is 0.573 e. The van der Waals surface area contributed by atoms with Crippen molar-refractivity contribution in [3.8, 4) is 5.75 Å². The van der Waals surface area contributed by atoms with Gasteiger partial charge >= 0.3 is 18.5 Å². The van der Waals surface area contributed by atoms with Crippen LogP contribution in [-0.4, -0.2) is 97.5 Å². The lowest BCUT2D eigenvalue weighted by atomic mass is 10.0. The maximum absolute atomic E-state index is 13.8. The monoisotopic (exact) mass is 901 g/mol. The number of H-pyrrole nitrogens is 2. The number of aromatic nitrogens is 4. The molecule has 3 aliphatic heterocycles. The topological polar surface area (TPSA) is 198 Å². The van der Waals surface area contributed by atoms with E-state index in [1.807, 2.05) is 50.2 Å². The number of aromatic amines is 2. The molecule has 0 spiro atoms. The van der Waals surface area contributed by atoms with Gasteiger partial charge in [0.1, 0.15) is 29.5 Å². The Morgan fingerprint density at radius 1 is 0.708 bits per heavy atom. The number of nitrogens with zero attached hydrogens (tertiary/aromatic N) is 5. The molecule has 4 amide bonds. The van der Waals surface area contributed by atoms with Gasteiger partial charge in [0.15, 0.2) is 0 Å². The average molecular weight is 902 g/mol. The first-order chi connectivity index (χ1) is 31.0. The number of alkyl carbamates (subject to hydrolysis) is 1. The fourth-order valence-electron chi connectivity index (χ4n) is 9.80. The highest BCUT2D eigenvalue weighted by atomic mass is 19.4. The Kier molecular flexibility index (Phi) is 12.6. The molecule has 3 aliphatic rings. The number of alkyl halides is 3. The minimum Gasteiger partial charge on any atom is -0.465 e. The molecular weight excluding hydrogens is 848 g/mol. The number of imidazole rings is 2. The molecule has 1 unspecified atom stereocenters. The predicted octanol–water partition coefficient (Wildman–Crippen LogP) is 8.42. The van der Waals surface area contributed by atoms with E-state index in [0.29, 0.717) is 67.1 Å². The smallest absolute Gasteiger partial charge is 0.465 e. The van der Waals surface area contributed by atoms with Crippen molar-refractivity contribution in [2.24, 2.45) is 11.8 Å². The zero-order valence-electron chi connectivity index (χ0n) is 36.8. The molecule has 346 valence electrons. The molecule has 0 radical (unpaired) electrons. The lowest BCUT2D eigenvalue weighted by molar-refractivity contribution is -0.274. The second-order valence-corrected chi connectivity index (χ2v) is 17.8. The van der Waals surface area contributed by atoms with Crippen LogP contribution in [0.1, 0.15) is 113 Å². The van der Waals surface area contributed by atoms with Gasteiger partial charge in [-0.3, -0.25) is 9.59 Å². The van der Waals surface area contributed by atoms with Crippen molar-refractivity contribution < 1.29 is 46.9 Å². The number of carbonyl (C=O) groups excluding carboxylic acids is 3. The first kappa shape index (κ1) is 45.1. The fourth-order valence-corrected chi connectivity index (χ4v) is 9.80. The quantitative estimate of drug-likeness (QED) is 0.0810. The highest BCUT2D eigenvalue weighted by Gasteiger charge is 2.41. The van der Waals surface area contributed by atoms with Gasteiger partial charge in [-0.2, -0.15) is 0 Å². The second kappa shape index (κ2) is 18.2. The van der Waals surface area contributed by atoms with Gasteiger partial charge in [0.2, 0.25) is 11.8 Å². The van der Waals surface area contributed by atoms with E-state index in [4.69, 9.17) is 14.7 Å². The summed E-state index contributed by atoms with van der Waals surface area (Å²) in [7, 11) is 1.26. The van der Waals surface area contributed by atoms with Crippen LogP contribution in [0.2, 0.25) is 0 Å². The summed E-state index contributed by atoms with van der Waals surface area (Å²) in [5, 5.41) is 14.5. The largest absolute Gasteiger partial charge is 0.573 e. The molecule has 3 fully saturated rings. The number of fused-ring (bicyclic) bond motifs is 2. The molecule has 6 atom stereocenters. The summed E-state index contributed by atoms with van der Waals surface area (Å²) in [6, 6.07) is 15.1. The van der Waals surface area contributed by atoms with Crippen LogP contribution < -0.4 is 20.3 Å². The number of hydrogen-bond donors (Lipinski definition) is 5. The van der Waals surface area contributed by atoms with Gasteiger partial charge in [-0.25, -0.2) is 19.6 Å². The molecule has 3 saturated heterocycles. The van der Waals surface area contributed by atoms with E-state index >= 15 is 0 Å². The average Bonchev–Trinajstić information content (AvgIpc) is 4.11.